The van der Waals surface area contributed by atoms with Crippen LogP contribution in [-0.2, 0) is 14.6 Å². The van der Waals surface area contributed by atoms with Crippen molar-refractivity contribution in [2.24, 2.45) is 0 Å². The molecule has 1 atom stereocenters. The Morgan fingerprint density at radius 3 is 2.25 bits per heavy atom. The van der Waals surface area contributed by atoms with Crippen LogP contribution in [0.2, 0.25) is 0 Å². The first-order valence-electron chi connectivity index (χ1n) is 5.41. The molecule has 5 nitrogen and oxygen atoms in total. The van der Waals surface area contributed by atoms with E-state index in [-0.39, 0.29) is 23.7 Å². The van der Waals surface area contributed by atoms with Gasteiger partial charge in [0.05, 0.1) is 5.75 Å². The summed E-state index contributed by atoms with van der Waals surface area (Å²) in [4.78, 5) is 11.3. The molecule has 0 radical (unpaired) electrons. The smallest absolute Gasteiger partial charge is 0.221 e. The Morgan fingerprint density at radius 2 is 1.81 bits per heavy atom. The summed E-state index contributed by atoms with van der Waals surface area (Å²) >= 11 is 0. The van der Waals surface area contributed by atoms with Crippen LogP contribution in [0.3, 0.4) is 0 Å². The van der Waals surface area contributed by atoms with Gasteiger partial charge >= 0.3 is 0 Å². The van der Waals surface area contributed by atoms with E-state index in [0.717, 1.165) is 0 Å². The summed E-state index contributed by atoms with van der Waals surface area (Å²) in [7, 11) is -2.96. The normalized spacial score (nSPS) is 13.8. The largest absolute Gasteiger partial charge is 0.354 e. The van der Waals surface area contributed by atoms with Crippen molar-refractivity contribution in [3.63, 3.8) is 0 Å². The monoisotopic (exact) mass is 250 g/mol. The summed E-state index contributed by atoms with van der Waals surface area (Å²) in [5.41, 5.74) is 0. The molecule has 0 fully saturated rings. The van der Waals surface area contributed by atoms with E-state index >= 15 is 0 Å². The van der Waals surface area contributed by atoms with E-state index in [9.17, 15) is 13.2 Å². The Hall–Kier alpha value is -0.620. The number of hydrogen-bond donors (Lipinski definition) is 2. The molecule has 96 valence electrons. The molecule has 1 unspecified atom stereocenters. The standard InChI is InChI=1S/C10H22N2O3S/c1-8(2)12-10(13)5-6-11-9(3)7-16(4,14)15/h8-9,11H,5-7H2,1-4H3,(H,12,13). The zero-order valence-electron chi connectivity index (χ0n) is 10.4. The van der Waals surface area contributed by atoms with Crippen LogP contribution < -0.4 is 10.6 Å². The third-order valence-corrected chi connectivity index (χ3v) is 2.95. The molecule has 0 bridgehead atoms. The lowest BCUT2D eigenvalue weighted by Gasteiger charge is -2.13. The van der Waals surface area contributed by atoms with Crippen molar-refractivity contribution < 1.29 is 13.2 Å². The first-order valence-corrected chi connectivity index (χ1v) is 7.47. The van der Waals surface area contributed by atoms with Crippen LogP contribution >= 0.6 is 0 Å². The summed E-state index contributed by atoms with van der Waals surface area (Å²) in [6.45, 7) is 6.09. The highest BCUT2D eigenvalue weighted by atomic mass is 32.2. The van der Waals surface area contributed by atoms with Gasteiger partial charge in [0.25, 0.3) is 0 Å². The quantitative estimate of drug-likeness (QED) is 0.663. The van der Waals surface area contributed by atoms with Gasteiger partial charge < -0.3 is 10.6 Å². The Labute approximate surface area is 97.9 Å². The van der Waals surface area contributed by atoms with Crippen molar-refractivity contribution in [2.45, 2.75) is 39.3 Å². The second kappa shape index (κ2) is 6.85. The van der Waals surface area contributed by atoms with Gasteiger partial charge in [-0.3, -0.25) is 4.79 Å². The maximum atomic E-state index is 11.3. The average Bonchev–Trinajstić information content (AvgIpc) is 1.98. The van der Waals surface area contributed by atoms with E-state index in [4.69, 9.17) is 0 Å². The third-order valence-electron chi connectivity index (χ3n) is 1.85. The summed E-state index contributed by atoms with van der Waals surface area (Å²) in [6, 6.07) is 0.0165. The molecule has 2 N–H and O–H groups in total. The fraction of sp³-hybridized carbons (Fsp3) is 0.900. The van der Waals surface area contributed by atoms with Gasteiger partial charge in [0.1, 0.15) is 9.84 Å². The van der Waals surface area contributed by atoms with E-state index in [0.29, 0.717) is 13.0 Å². The number of sulfone groups is 1. The van der Waals surface area contributed by atoms with Crippen molar-refractivity contribution in [3.8, 4) is 0 Å². The molecule has 0 rings (SSSR count). The van der Waals surface area contributed by atoms with Crippen molar-refractivity contribution in [2.75, 3.05) is 18.6 Å². The Kier molecular flexibility index (Phi) is 6.59. The van der Waals surface area contributed by atoms with Gasteiger partial charge in [-0.2, -0.15) is 0 Å². The lowest BCUT2D eigenvalue weighted by molar-refractivity contribution is -0.121. The molecule has 0 aliphatic heterocycles. The number of rotatable bonds is 7. The maximum absolute atomic E-state index is 11.3. The molecular weight excluding hydrogens is 228 g/mol. The molecule has 1 amide bonds. The van der Waals surface area contributed by atoms with E-state index in [1.807, 2.05) is 13.8 Å². The van der Waals surface area contributed by atoms with E-state index in [1.165, 1.54) is 6.26 Å². The molecule has 0 saturated heterocycles. The minimum atomic E-state index is -2.96. The van der Waals surface area contributed by atoms with Crippen molar-refractivity contribution >= 4 is 15.7 Å². The molecule has 0 aromatic carbocycles. The molecule has 0 aromatic heterocycles. The zero-order valence-corrected chi connectivity index (χ0v) is 11.2. The summed E-state index contributed by atoms with van der Waals surface area (Å²) in [6.07, 6.45) is 1.57. The van der Waals surface area contributed by atoms with E-state index in [1.54, 1.807) is 6.92 Å². The fourth-order valence-corrected chi connectivity index (χ4v) is 2.37. The molecule has 0 saturated carbocycles. The minimum Gasteiger partial charge on any atom is -0.354 e. The van der Waals surface area contributed by atoms with Crippen LogP contribution in [0.5, 0.6) is 0 Å². The van der Waals surface area contributed by atoms with Crippen LogP contribution in [0.4, 0.5) is 0 Å². The third kappa shape index (κ3) is 9.92. The lowest BCUT2D eigenvalue weighted by Crippen LogP contribution is -2.37. The molecule has 0 aliphatic carbocycles. The molecule has 0 aromatic rings. The van der Waals surface area contributed by atoms with Gasteiger partial charge in [-0.25, -0.2) is 8.42 Å². The molecule has 0 spiro atoms. The second-order valence-corrected chi connectivity index (χ2v) is 6.60. The molecular formula is C10H22N2O3S. The van der Waals surface area contributed by atoms with E-state index < -0.39 is 9.84 Å². The molecule has 6 heteroatoms. The summed E-state index contributed by atoms with van der Waals surface area (Å²) < 4.78 is 21.9. The maximum Gasteiger partial charge on any atom is 0.221 e. The van der Waals surface area contributed by atoms with Crippen molar-refractivity contribution in [1.82, 2.24) is 10.6 Å². The molecule has 0 heterocycles. The van der Waals surface area contributed by atoms with Crippen LogP contribution in [-0.4, -0.2) is 45.0 Å². The number of carbonyl (C=O) groups excluding carboxylic acids is 1. The Morgan fingerprint density at radius 1 is 1.25 bits per heavy atom. The fourth-order valence-electron chi connectivity index (χ4n) is 1.34. The lowest BCUT2D eigenvalue weighted by atomic mass is 10.3. The predicted molar refractivity (Wildman–Crippen MR) is 65.1 cm³/mol. The summed E-state index contributed by atoms with van der Waals surface area (Å²) in [5.74, 6) is 0.0766. The van der Waals surface area contributed by atoms with E-state index in [2.05, 4.69) is 10.6 Å². The van der Waals surface area contributed by atoms with Crippen molar-refractivity contribution in [1.29, 1.82) is 0 Å². The van der Waals surface area contributed by atoms with Crippen LogP contribution in [0, 0.1) is 0 Å². The van der Waals surface area contributed by atoms with Gasteiger partial charge in [0.15, 0.2) is 0 Å². The van der Waals surface area contributed by atoms with Crippen molar-refractivity contribution in [3.05, 3.63) is 0 Å². The molecule has 16 heavy (non-hydrogen) atoms. The SMILES string of the molecule is CC(C)NC(=O)CCNC(C)CS(C)(=O)=O. The van der Waals surface area contributed by atoms with Crippen LogP contribution in [0.1, 0.15) is 27.2 Å². The number of carbonyl (C=O) groups is 1. The van der Waals surface area contributed by atoms with Gasteiger partial charge in [0, 0.05) is 31.3 Å². The van der Waals surface area contributed by atoms with Crippen LogP contribution in [0.15, 0.2) is 0 Å². The van der Waals surface area contributed by atoms with Gasteiger partial charge in [-0.05, 0) is 20.8 Å². The Balaban J connectivity index is 3.70. The zero-order chi connectivity index (χ0) is 12.8. The topological polar surface area (TPSA) is 75.3 Å². The molecule has 0 aliphatic rings. The minimum absolute atomic E-state index is 0.0194. The predicted octanol–water partition coefficient (Wildman–Crippen LogP) is -0.0762. The first-order chi connectivity index (χ1) is 7.20. The first kappa shape index (κ1) is 15.4. The number of nitrogens with one attached hydrogen (secondary N) is 2. The summed E-state index contributed by atoms with van der Waals surface area (Å²) in [5, 5.41) is 5.77. The highest BCUT2D eigenvalue weighted by molar-refractivity contribution is 7.90. The van der Waals surface area contributed by atoms with Gasteiger partial charge in [0.2, 0.25) is 5.91 Å². The average molecular weight is 250 g/mol. The van der Waals surface area contributed by atoms with Gasteiger partial charge in [-0.15, -0.1) is 0 Å². The van der Waals surface area contributed by atoms with Crippen LogP contribution in [0.25, 0.3) is 0 Å². The van der Waals surface area contributed by atoms with Gasteiger partial charge in [-0.1, -0.05) is 0 Å². The second-order valence-electron chi connectivity index (χ2n) is 4.42. The number of amides is 1. The Bertz CT molecular complexity index is 312. The highest BCUT2D eigenvalue weighted by Crippen LogP contribution is 1.90. The highest BCUT2D eigenvalue weighted by Gasteiger charge is 2.10. The number of hydrogen-bond acceptors (Lipinski definition) is 4.